The molecule has 3 N–H and O–H groups in total. The summed E-state index contributed by atoms with van der Waals surface area (Å²) < 4.78 is 5.60. The van der Waals surface area contributed by atoms with Gasteiger partial charge in [0.05, 0.1) is 11.6 Å². The van der Waals surface area contributed by atoms with Crippen LogP contribution in [0.4, 0.5) is 11.5 Å². The number of rotatable bonds is 4. The van der Waals surface area contributed by atoms with Crippen LogP contribution in [0.15, 0.2) is 24.5 Å². The molecule has 2 aromatic rings. The van der Waals surface area contributed by atoms with Crippen LogP contribution < -0.4 is 11.1 Å². The summed E-state index contributed by atoms with van der Waals surface area (Å²) in [4.78, 5) is 8.53. The highest BCUT2D eigenvalue weighted by Crippen LogP contribution is 2.22. The lowest BCUT2D eigenvalue weighted by atomic mass is 10.2. The van der Waals surface area contributed by atoms with Gasteiger partial charge in [0.1, 0.15) is 12.1 Å². The van der Waals surface area contributed by atoms with Crippen LogP contribution in [0, 0.1) is 0 Å². The molecule has 5 heteroatoms. The van der Waals surface area contributed by atoms with Gasteiger partial charge in [-0.2, -0.15) is 0 Å². The molecule has 1 fully saturated rings. The van der Waals surface area contributed by atoms with E-state index in [2.05, 4.69) is 15.3 Å². The molecule has 3 rings (SSSR count). The predicted octanol–water partition coefficient (Wildman–Crippen LogP) is 2.19. The zero-order chi connectivity index (χ0) is 13.1. The Kier molecular flexibility index (Phi) is 3.46. The third-order valence-corrected chi connectivity index (χ3v) is 3.44. The smallest absolute Gasteiger partial charge is 0.137 e. The Morgan fingerprint density at radius 1 is 1.37 bits per heavy atom. The first-order valence-electron chi connectivity index (χ1n) is 6.68. The number of aromatic nitrogens is 2. The lowest BCUT2D eigenvalue weighted by Crippen LogP contribution is -2.13. The number of nitrogens with one attached hydrogen (secondary N) is 1. The molecule has 1 aliphatic heterocycles. The van der Waals surface area contributed by atoms with Gasteiger partial charge >= 0.3 is 0 Å². The number of anilines is 2. The molecule has 1 aliphatic rings. The SMILES string of the molecule is Nc1ccc2ncnc(NCCC3CCCO3)c2c1. The standard InChI is InChI=1S/C14H18N4O/c15-10-3-4-13-12(8-10)14(18-9-17-13)16-6-5-11-2-1-7-19-11/h3-4,8-9,11H,1-2,5-7,15H2,(H,16,17,18). The molecule has 0 amide bonds. The molecular formula is C14H18N4O. The maximum atomic E-state index is 5.82. The van der Waals surface area contributed by atoms with E-state index in [9.17, 15) is 0 Å². The van der Waals surface area contributed by atoms with E-state index in [1.165, 1.54) is 12.8 Å². The van der Waals surface area contributed by atoms with Crippen LogP contribution in [0.5, 0.6) is 0 Å². The van der Waals surface area contributed by atoms with Crippen molar-refractivity contribution in [3.63, 3.8) is 0 Å². The largest absolute Gasteiger partial charge is 0.399 e. The molecule has 19 heavy (non-hydrogen) atoms. The minimum Gasteiger partial charge on any atom is -0.399 e. The van der Waals surface area contributed by atoms with Crippen LogP contribution in [0.25, 0.3) is 10.9 Å². The third-order valence-electron chi connectivity index (χ3n) is 3.44. The summed E-state index contributed by atoms with van der Waals surface area (Å²) in [5.41, 5.74) is 7.45. The summed E-state index contributed by atoms with van der Waals surface area (Å²) in [6, 6.07) is 5.67. The van der Waals surface area contributed by atoms with Gasteiger partial charge in [-0.25, -0.2) is 9.97 Å². The summed E-state index contributed by atoms with van der Waals surface area (Å²) >= 11 is 0. The minimum absolute atomic E-state index is 0.394. The van der Waals surface area contributed by atoms with E-state index in [1.54, 1.807) is 6.33 Å². The van der Waals surface area contributed by atoms with E-state index < -0.39 is 0 Å². The highest BCUT2D eigenvalue weighted by atomic mass is 16.5. The maximum Gasteiger partial charge on any atom is 0.137 e. The van der Waals surface area contributed by atoms with E-state index in [0.29, 0.717) is 6.10 Å². The summed E-state index contributed by atoms with van der Waals surface area (Å²) in [6.45, 7) is 1.75. The zero-order valence-electron chi connectivity index (χ0n) is 10.8. The van der Waals surface area contributed by atoms with Crippen LogP contribution >= 0.6 is 0 Å². The molecule has 1 unspecified atom stereocenters. The Morgan fingerprint density at radius 2 is 2.32 bits per heavy atom. The first-order chi connectivity index (χ1) is 9.33. The van der Waals surface area contributed by atoms with Gasteiger partial charge in [0.25, 0.3) is 0 Å². The second-order valence-corrected chi connectivity index (χ2v) is 4.85. The van der Waals surface area contributed by atoms with Crippen LogP contribution in [0.2, 0.25) is 0 Å². The average Bonchev–Trinajstić information content (AvgIpc) is 2.92. The van der Waals surface area contributed by atoms with E-state index in [-0.39, 0.29) is 0 Å². The van der Waals surface area contributed by atoms with Crippen molar-refractivity contribution in [2.45, 2.75) is 25.4 Å². The van der Waals surface area contributed by atoms with Gasteiger partial charge in [-0.1, -0.05) is 0 Å². The third kappa shape index (κ3) is 2.76. The van der Waals surface area contributed by atoms with E-state index >= 15 is 0 Å². The molecule has 2 heterocycles. The highest BCUT2D eigenvalue weighted by molar-refractivity contribution is 5.91. The molecule has 5 nitrogen and oxygen atoms in total. The summed E-state index contributed by atoms with van der Waals surface area (Å²) in [5, 5.41) is 4.32. The Balaban J connectivity index is 1.71. The Labute approximate surface area is 112 Å². The number of benzene rings is 1. The number of hydrogen-bond donors (Lipinski definition) is 2. The van der Waals surface area contributed by atoms with Crippen LogP contribution in [-0.4, -0.2) is 29.2 Å². The lowest BCUT2D eigenvalue weighted by molar-refractivity contribution is 0.107. The van der Waals surface area contributed by atoms with Crippen molar-refractivity contribution < 1.29 is 4.74 Å². The van der Waals surface area contributed by atoms with Gasteiger partial charge in [0.15, 0.2) is 0 Å². The quantitative estimate of drug-likeness (QED) is 0.822. The predicted molar refractivity (Wildman–Crippen MR) is 76.0 cm³/mol. The van der Waals surface area contributed by atoms with Crippen molar-refractivity contribution in [3.05, 3.63) is 24.5 Å². The van der Waals surface area contributed by atoms with Crippen molar-refractivity contribution in [3.8, 4) is 0 Å². The van der Waals surface area contributed by atoms with E-state index in [4.69, 9.17) is 10.5 Å². The van der Waals surface area contributed by atoms with Gasteiger partial charge in [0.2, 0.25) is 0 Å². The normalized spacial score (nSPS) is 18.8. The van der Waals surface area contributed by atoms with Crippen molar-refractivity contribution in [1.29, 1.82) is 0 Å². The Bertz CT molecular complexity index is 566. The fourth-order valence-electron chi connectivity index (χ4n) is 2.44. The highest BCUT2D eigenvalue weighted by Gasteiger charge is 2.14. The second kappa shape index (κ2) is 5.40. The molecule has 1 aromatic carbocycles. The maximum absolute atomic E-state index is 5.82. The molecule has 0 aliphatic carbocycles. The molecule has 1 aromatic heterocycles. The average molecular weight is 258 g/mol. The van der Waals surface area contributed by atoms with Gasteiger partial charge in [-0.05, 0) is 37.5 Å². The lowest BCUT2D eigenvalue weighted by Gasteiger charge is -2.11. The molecule has 0 bridgehead atoms. The number of nitrogens with zero attached hydrogens (tertiary/aromatic N) is 2. The summed E-state index contributed by atoms with van der Waals surface area (Å²) in [6.07, 6.45) is 5.32. The zero-order valence-corrected chi connectivity index (χ0v) is 10.8. The number of nitrogen functional groups attached to an aromatic ring is 1. The molecule has 1 atom stereocenters. The van der Waals surface area contributed by atoms with Crippen LogP contribution in [0.1, 0.15) is 19.3 Å². The van der Waals surface area contributed by atoms with E-state index in [0.717, 1.165) is 42.0 Å². The number of fused-ring (bicyclic) bond motifs is 1. The summed E-state index contributed by atoms with van der Waals surface area (Å²) in [5.74, 6) is 0.843. The van der Waals surface area contributed by atoms with Gasteiger partial charge in [-0.15, -0.1) is 0 Å². The fourth-order valence-corrected chi connectivity index (χ4v) is 2.44. The number of nitrogens with two attached hydrogens (primary N) is 1. The topological polar surface area (TPSA) is 73.1 Å². The van der Waals surface area contributed by atoms with Gasteiger partial charge < -0.3 is 15.8 Å². The monoisotopic (exact) mass is 258 g/mol. The van der Waals surface area contributed by atoms with Crippen LogP contribution in [-0.2, 0) is 4.74 Å². The molecule has 100 valence electrons. The molecule has 1 saturated heterocycles. The van der Waals surface area contributed by atoms with Crippen molar-refractivity contribution in [2.24, 2.45) is 0 Å². The molecule has 0 radical (unpaired) electrons. The van der Waals surface area contributed by atoms with Crippen molar-refractivity contribution in [2.75, 3.05) is 24.2 Å². The fraction of sp³-hybridized carbons (Fsp3) is 0.429. The minimum atomic E-state index is 0.394. The molecule has 0 saturated carbocycles. The summed E-state index contributed by atoms with van der Waals surface area (Å²) in [7, 11) is 0. The Hall–Kier alpha value is -1.88. The molecule has 0 spiro atoms. The number of ether oxygens (including phenoxy) is 1. The van der Waals surface area contributed by atoms with Gasteiger partial charge in [-0.3, -0.25) is 0 Å². The van der Waals surface area contributed by atoms with Crippen LogP contribution in [0.3, 0.4) is 0 Å². The Morgan fingerprint density at radius 3 is 3.16 bits per heavy atom. The first kappa shape index (κ1) is 12.2. The first-order valence-corrected chi connectivity index (χ1v) is 6.68. The van der Waals surface area contributed by atoms with E-state index in [1.807, 2.05) is 18.2 Å². The van der Waals surface area contributed by atoms with Crippen molar-refractivity contribution >= 4 is 22.4 Å². The number of hydrogen-bond acceptors (Lipinski definition) is 5. The molecular weight excluding hydrogens is 240 g/mol. The van der Waals surface area contributed by atoms with Crippen molar-refractivity contribution in [1.82, 2.24) is 9.97 Å². The van der Waals surface area contributed by atoms with Gasteiger partial charge in [0, 0.05) is 24.2 Å². The second-order valence-electron chi connectivity index (χ2n) is 4.85.